The van der Waals surface area contributed by atoms with E-state index >= 15 is 0 Å². The van der Waals surface area contributed by atoms with Crippen LogP contribution in [0.1, 0.15) is 11.1 Å². The van der Waals surface area contributed by atoms with Crippen LogP contribution in [0.3, 0.4) is 0 Å². The molecule has 0 fully saturated rings. The van der Waals surface area contributed by atoms with Crippen LogP contribution in [0.4, 0.5) is 11.4 Å². The monoisotopic (exact) mass is 317 g/mol. The number of hydrogen-bond donors (Lipinski definition) is 2. The van der Waals surface area contributed by atoms with Crippen molar-refractivity contribution >= 4 is 27.3 Å². The summed E-state index contributed by atoms with van der Waals surface area (Å²) in [4.78, 5) is 12.3. The van der Waals surface area contributed by atoms with Crippen LogP contribution in [-0.2, 0) is 6.54 Å². The van der Waals surface area contributed by atoms with Crippen LogP contribution in [0.15, 0.2) is 10.5 Å². The maximum atomic E-state index is 10.9. The van der Waals surface area contributed by atoms with Crippen LogP contribution in [0.25, 0.3) is 0 Å². The highest BCUT2D eigenvalue weighted by molar-refractivity contribution is 9.10. The van der Waals surface area contributed by atoms with Gasteiger partial charge in [0.2, 0.25) is 0 Å². The first kappa shape index (κ1) is 14.9. The lowest BCUT2D eigenvalue weighted by atomic mass is 10.0. The van der Waals surface area contributed by atoms with Gasteiger partial charge in [-0.25, -0.2) is 0 Å². The number of halogens is 1. The van der Waals surface area contributed by atoms with Crippen LogP contribution in [0.5, 0.6) is 0 Å². The number of aliphatic hydroxyl groups is 1. The number of likely N-dealkylation sites (N-methyl/N-ethyl adjacent to an activating group) is 1. The molecular weight excluding hydrogens is 302 g/mol. The molecule has 0 bridgehead atoms. The SMILES string of the molecule is Cc1c(Br)cc([N+](=O)[O-])c(N)c1CN(C)CCO. The van der Waals surface area contributed by atoms with Crippen molar-refractivity contribution in [1.29, 1.82) is 0 Å². The quantitative estimate of drug-likeness (QED) is 0.489. The normalized spacial score (nSPS) is 10.9. The number of hydrogen-bond acceptors (Lipinski definition) is 5. The van der Waals surface area contributed by atoms with Gasteiger partial charge in [0.25, 0.3) is 5.69 Å². The fourth-order valence-electron chi connectivity index (χ4n) is 1.68. The molecule has 7 heteroatoms. The molecule has 0 saturated heterocycles. The van der Waals surface area contributed by atoms with Crippen molar-refractivity contribution in [3.8, 4) is 0 Å². The highest BCUT2D eigenvalue weighted by Gasteiger charge is 2.20. The van der Waals surface area contributed by atoms with E-state index in [0.29, 0.717) is 23.1 Å². The van der Waals surface area contributed by atoms with E-state index in [1.807, 2.05) is 18.9 Å². The molecule has 3 N–H and O–H groups in total. The van der Waals surface area contributed by atoms with Gasteiger partial charge in [-0.2, -0.15) is 0 Å². The summed E-state index contributed by atoms with van der Waals surface area (Å²) in [6.45, 7) is 2.83. The molecule has 0 radical (unpaired) electrons. The summed E-state index contributed by atoms with van der Waals surface area (Å²) in [7, 11) is 1.82. The van der Waals surface area contributed by atoms with Gasteiger partial charge in [0.15, 0.2) is 0 Å². The van der Waals surface area contributed by atoms with E-state index < -0.39 is 4.92 Å². The molecule has 0 aromatic heterocycles. The largest absolute Gasteiger partial charge is 0.395 e. The molecule has 0 aliphatic carbocycles. The third-order valence-electron chi connectivity index (χ3n) is 2.78. The smallest absolute Gasteiger partial charge is 0.293 e. The van der Waals surface area contributed by atoms with Crippen LogP contribution in [-0.4, -0.2) is 35.1 Å². The predicted octanol–water partition coefficient (Wildman–Crippen LogP) is 1.67. The van der Waals surface area contributed by atoms with Crippen molar-refractivity contribution in [2.75, 3.05) is 25.9 Å². The number of anilines is 1. The van der Waals surface area contributed by atoms with Crippen molar-refractivity contribution in [1.82, 2.24) is 4.90 Å². The number of nitrogen functional groups attached to an aromatic ring is 1. The van der Waals surface area contributed by atoms with Crippen molar-refractivity contribution in [3.05, 3.63) is 31.8 Å². The summed E-state index contributed by atoms with van der Waals surface area (Å²) < 4.78 is 0.663. The minimum atomic E-state index is -0.491. The molecule has 100 valence electrons. The average Bonchev–Trinajstić information content (AvgIpc) is 2.29. The van der Waals surface area contributed by atoms with E-state index in [2.05, 4.69) is 15.9 Å². The van der Waals surface area contributed by atoms with E-state index in [1.54, 1.807) is 0 Å². The number of nitro benzene ring substituents is 1. The Labute approximate surface area is 114 Å². The van der Waals surface area contributed by atoms with E-state index in [-0.39, 0.29) is 18.0 Å². The van der Waals surface area contributed by atoms with Gasteiger partial charge in [0.05, 0.1) is 11.5 Å². The molecule has 0 amide bonds. The van der Waals surface area contributed by atoms with Gasteiger partial charge in [-0.3, -0.25) is 15.0 Å². The molecule has 1 rings (SSSR count). The second-order valence-electron chi connectivity index (χ2n) is 4.11. The molecule has 6 nitrogen and oxygen atoms in total. The fraction of sp³-hybridized carbons (Fsp3) is 0.455. The second kappa shape index (κ2) is 6.12. The van der Waals surface area contributed by atoms with E-state index in [4.69, 9.17) is 10.8 Å². The Bertz CT molecular complexity index is 465. The molecule has 1 aromatic rings. The van der Waals surface area contributed by atoms with Gasteiger partial charge >= 0.3 is 0 Å². The van der Waals surface area contributed by atoms with E-state index in [9.17, 15) is 10.1 Å². The average molecular weight is 318 g/mol. The summed E-state index contributed by atoms with van der Waals surface area (Å²) in [5.41, 5.74) is 7.53. The lowest BCUT2D eigenvalue weighted by Gasteiger charge is -2.19. The number of nitro groups is 1. The van der Waals surface area contributed by atoms with Gasteiger partial charge in [0.1, 0.15) is 5.69 Å². The van der Waals surface area contributed by atoms with Crippen LogP contribution >= 0.6 is 15.9 Å². The lowest BCUT2D eigenvalue weighted by molar-refractivity contribution is -0.384. The zero-order valence-corrected chi connectivity index (χ0v) is 11.9. The Hall–Kier alpha value is -1.18. The maximum absolute atomic E-state index is 10.9. The van der Waals surface area contributed by atoms with Gasteiger partial charge in [-0.1, -0.05) is 15.9 Å². The van der Waals surface area contributed by atoms with Crippen LogP contribution in [0.2, 0.25) is 0 Å². The number of nitrogens with zero attached hydrogens (tertiary/aromatic N) is 2. The Balaban J connectivity index is 3.20. The Morgan fingerprint density at radius 1 is 1.61 bits per heavy atom. The topological polar surface area (TPSA) is 92.6 Å². The predicted molar refractivity (Wildman–Crippen MR) is 73.4 cm³/mol. The molecule has 0 aliphatic rings. The van der Waals surface area contributed by atoms with Gasteiger partial charge in [-0.15, -0.1) is 0 Å². The molecular formula is C11H16BrN3O3. The Kier molecular flexibility index (Phi) is 5.06. The molecule has 18 heavy (non-hydrogen) atoms. The molecule has 0 atom stereocenters. The third kappa shape index (κ3) is 3.18. The van der Waals surface area contributed by atoms with Crippen molar-refractivity contribution < 1.29 is 10.0 Å². The highest BCUT2D eigenvalue weighted by atomic mass is 79.9. The molecule has 0 saturated carbocycles. The van der Waals surface area contributed by atoms with Crippen LogP contribution in [0, 0.1) is 17.0 Å². The standard InChI is InChI=1S/C11H16BrN3O3/c1-7-8(6-14(2)3-4-16)11(13)10(15(17)18)5-9(7)12/h5,16H,3-4,6,13H2,1-2H3. The summed E-state index contributed by atoms with van der Waals surface area (Å²) in [6.07, 6.45) is 0. The highest BCUT2D eigenvalue weighted by Crippen LogP contribution is 2.34. The van der Waals surface area contributed by atoms with Crippen molar-refractivity contribution in [3.63, 3.8) is 0 Å². The third-order valence-corrected chi connectivity index (χ3v) is 3.61. The summed E-state index contributed by atoms with van der Waals surface area (Å²) in [6, 6.07) is 1.42. The summed E-state index contributed by atoms with van der Waals surface area (Å²) >= 11 is 3.30. The first-order valence-electron chi connectivity index (χ1n) is 5.39. The molecule has 0 spiro atoms. The number of aliphatic hydroxyl groups excluding tert-OH is 1. The summed E-state index contributed by atoms with van der Waals surface area (Å²) in [5, 5.41) is 19.8. The molecule has 1 aromatic carbocycles. The van der Waals surface area contributed by atoms with E-state index in [0.717, 1.165) is 5.56 Å². The second-order valence-corrected chi connectivity index (χ2v) is 4.97. The summed E-state index contributed by atoms with van der Waals surface area (Å²) in [5.74, 6) is 0. The first-order valence-corrected chi connectivity index (χ1v) is 6.19. The van der Waals surface area contributed by atoms with Crippen molar-refractivity contribution in [2.24, 2.45) is 0 Å². The first-order chi connectivity index (χ1) is 8.38. The lowest BCUT2D eigenvalue weighted by Crippen LogP contribution is -2.23. The van der Waals surface area contributed by atoms with Gasteiger partial charge < -0.3 is 10.8 Å². The zero-order chi connectivity index (χ0) is 13.9. The van der Waals surface area contributed by atoms with Crippen LogP contribution < -0.4 is 5.73 Å². The fourth-order valence-corrected chi connectivity index (χ4v) is 2.14. The minimum absolute atomic E-state index is 0.0333. The molecule has 0 heterocycles. The Morgan fingerprint density at radius 3 is 2.72 bits per heavy atom. The van der Waals surface area contributed by atoms with Gasteiger partial charge in [0, 0.05) is 29.2 Å². The van der Waals surface area contributed by atoms with Gasteiger partial charge in [-0.05, 0) is 19.5 Å². The number of benzene rings is 1. The zero-order valence-electron chi connectivity index (χ0n) is 10.3. The molecule has 0 aliphatic heterocycles. The minimum Gasteiger partial charge on any atom is -0.395 e. The number of nitrogens with two attached hydrogens (primary N) is 1. The Morgan fingerprint density at radius 2 is 2.22 bits per heavy atom. The van der Waals surface area contributed by atoms with Crippen molar-refractivity contribution in [2.45, 2.75) is 13.5 Å². The number of rotatable bonds is 5. The van der Waals surface area contributed by atoms with E-state index in [1.165, 1.54) is 6.07 Å². The maximum Gasteiger partial charge on any atom is 0.293 e. The molecule has 0 unspecified atom stereocenters.